The number of aliphatic hydroxyl groups is 1. The highest BCUT2D eigenvalue weighted by molar-refractivity contribution is 5.78. The minimum absolute atomic E-state index is 0.0322. The smallest absolute Gasteiger partial charge is 0.383 e. The number of non-ortho nitro benzene ring substituents is 1. The summed E-state index contributed by atoms with van der Waals surface area (Å²) in [4.78, 5) is 23.7. The van der Waals surface area contributed by atoms with Gasteiger partial charge in [0.15, 0.2) is 6.10 Å². The molecule has 1 aliphatic heterocycles. The highest BCUT2D eigenvalue weighted by atomic mass is 19.4. The molecule has 0 bridgehead atoms. The van der Waals surface area contributed by atoms with Gasteiger partial charge in [0.05, 0.1) is 11.3 Å². The number of alkyl halides is 3. The number of carbonyl (C=O) groups excluding carboxylic acids is 1. The second-order valence-electron chi connectivity index (χ2n) is 5.81. The standard InChI is InChI=1S/C15H17F3N2O4/c16-15(17,18)14(22)11-5-7-19(8-6-11)13(21)9-10-1-3-12(4-2-10)20(23)24/h1-4,11,14,22H,5-9H2. The van der Waals surface area contributed by atoms with Crippen molar-refractivity contribution in [2.45, 2.75) is 31.5 Å². The second kappa shape index (κ2) is 7.16. The Morgan fingerprint density at radius 3 is 2.29 bits per heavy atom. The molecule has 0 spiro atoms. The van der Waals surface area contributed by atoms with Crippen LogP contribution < -0.4 is 0 Å². The number of carbonyl (C=O) groups is 1. The van der Waals surface area contributed by atoms with E-state index in [9.17, 15) is 33.2 Å². The van der Waals surface area contributed by atoms with Gasteiger partial charge in [-0.3, -0.25) is 14.9 Å². The quantitative estimate of drug-likeness (QED) is 0.670. The van der Waals surface area contributed by atoms with Crippen molar-refractivity contribution in [3.05, 3.63) is 39.9 Å². The summed E-state index contributed by atoms with van der Waals surface area (Å²) in [7, 11) is 0. The minimum Gasteiger partial charge on any atom is -0.383 e. The number of nitro benzene ring substituents is 1. The van der Waals surface area contributed by atoms with Gasteiger partial charge >= 0.3 is 6.18 Å². The minimum atomic E-state index is -4.64. The predicted octanol–water partition coefficient (Wildman–Crippen LogP) is 2.30. The van der Waals surface area contributed by atoms with E-state index >= 15 is 0 Å². The van der Waals surface area contributed by atoms with E-state index in [0.29, 0.717) is 5.56 Å². The molecule has 24 heavy (non-hydrogen) atoms. The normalized spacial score (nSPS) is 17.6. The lowest BCUT2D eigenvalue weighted by Crippen LogP contribution is -2.45. The monoisotopic (exact) mass is 346 g/mol. The Bertz CT molecular complexity index is 596. The van der Waals surface area contributed by atoms with Crippen molar-refractivity contribution in [1.82, 2.24) is 4.90 Å². The Kier molecular flexibility index (Phi) is 5.43. The van der Waals surface area contributed by atoms with Gasteiger partial charge in [-0.1, -0.05) is 12.1 Å². The molecule has 0 aromatic heterocycles. The van der Waals surface area contributed by atoms with Crippen molar-refractivity contribution in [2.24, 2.45) is 5.92 Å². The second-order valence-corrected chi connectivity index (χ2v) is 5.81. The van der Waals surface area contributed by atoms with Crippen LogP contribution in [0.25, 0.3) is 0 Å². The van der Waals surface area contributed by atoms with Crippen LogP contribution in [0.3, 0.4) is 0 Å². The zero-order valence-corrected chi connectivity index (χ0v) is 12.7. The Morgan fingerprint density at radius 1 is 1.29 bits per heavy atom. The third kappa shape index (κ3) is 4.44. The van der Waals surface area contributed by atoms with E-state index in [4.69, 9.17) is 0 Å². The zero-order chi connectivity index (χ0) is 17.9. The van der Waals surface area contributed by atoms with Crippen LogP contribution in [0.15, 0.2) is 24.3 Å². The van der Waals surface area contributed by atoms with E-state index in [1.807, 2.05) is 0 Å². The maximum Gasteiger partial charge on any atom is 0.414 e. The summed E-state index contributed by atoms with van der Waals surface area (Å²) >= 11 is 0. The molecule has 2 rings (SSSR count). The molecular formula is C15H17F3N2O4. The summed E-state index contributed by atoms with van der Waals surface area (Å²) < 4.78 is 37.5. The van der Waals surface area contributed by atoms with Crippen LogP contribution >= 0.6 is 0 Å². The number of rotatable bonds is 4. The fraction of sp³-hybridized carbons (Fsp3) is 0.533. The number of halogens is 3. The topological polar surface area (TPSA) is 83.7 Å². The molecule has 1 amide bonds. The lowest BCUT2D eigenvalue weighted by atomic mass is 9.90. The fourth-order valence-electron chi connectivity index (χ4n) is 2.75. The summed E-state index contributed by atoms with van der Waals surface area (Å²) in [5, 5.41) is 19.8. The molecule has 0 aliphatic carbocycles. The molecule has 9 heteroatoms. The summed E-state index contributed by atoms with van der Waals surface area (Å²) in [6, 6.07) is 5.56. The Balaban J connectivity index is 1.88. The van der Waals surface area contributed by atoms with E-state index in [1.165, 1.54) is 29.2 Å². The summed E-state index contributed by atoms with van der Waals surface area (Å²) in [6.45, 7) is 0.313. The third-order valence-corrected chi connectivity index (χ3v) is 4.18. The first-order valence-corrected chi connectivity index (χ1v) is 7.44. The summed E-state index contributed by atoms with van der Waals surface area (Å²) in [5.74, 6) is -1.14. The van der Waals surface area contributed by atoms with Gasteiger partial charge in [-0.05, 0) is 24.3 Å². The molecule has 1 N–H and O–H groups in total. The van der Waals surface area contributed by atoms with Crippen LogP contribution in [-0.4, -0.2) is 46.2 Å². The molecule has 132 valence electrons. The average Bonchev–Trinajstić information content (AvgIpc) is 2.54. The number of nitro groups is 1. The number of amides is 1. The molecule has 6 nitrogen and oxygen atoms in total. The number of hydrogen-bond acceptors (Lipinski definition) is 4. The molecule has 1 unspecified atom stereocenters. The van der Waals surface area contributed by atoms with Crippen molar-refractivity contribution in [3.63, 3.8) is 0 Å². The van der Waals surface area contributed by atoms with E-state index in [2.05, 4.69) is 0 Å². The number of benzene rings is 1. The van der Waals surface area contributed by atoms with E-state index in [0.717, 1.165) is 0 Å². The summed E-state index contributed by atoms with van der Waals surface area (Å²) in [6.07, 6.45) is -6.79. The highest BCUT2D eigenvalue weighted by Gasteiger charge is 2.44. The highest BCUT2D eigenvalue weighted by Crippen LogP contribution is 2.31. The van der Waals surface area contributed by atoms with Gasteiger partial charge in [0.1, 0.15) is 0 Å². The van der Waals surface area contributed by atoms with E-state index in [1.54, 1.807) is 0 Å². The molecule has 1 aromatic carbocycles. The van der Waals surface area contributed by atoms with Gasteiger partial charge in [-0.15, -0.1) is 0 Å². The van der Waals surface area contributed by atoms with Crippen molar-refractivity contribution >= 4 is 11.6 Å². The number of aliphatic hydroxyl groups excluding tert-OH is 1. The van der Waals surface area contributed by atoms with Crippen LogP contribution in [0, 0.1) is 16.0 Å². The van der Waals surface area contributed by atoms with Crippen LogP contribution in [-0.2, 0) is 11.2 Å². The lowest BCUT2D eigenvalue weighted by Gasteiger charge is -2.34. The maximum atomic E-state index is 12.5. The maximum absolute atomic E-state index is 12.5. The molecule has 1 aromatic rings. The molecule has 0 saturated carbocycles. The molecule has 1 saturated heterocycles. The predicted molar refractivity (Wildman–Crippen MR) is 78.2 cm³/mol. The van der Waals surface area contributed by atoms with Crippen molar-refractivity contribution in [1.29, 1.82) is 0 Å². The molecule has 1 heterocycles. The van der Waals surface area contributed by atoms with E-state index in [-0.39, 0.29) is 43.9 Å². The first kappa shape index (κ1) is 18.2. The van der Waals surface area contributed by atoms with Gasteiger partial charge < -0.3 is 10.0 Å². The molecule has 0 radical (unpaired) electrons. The summed E-state index contributed by atoms with van der Waals surface area (Å²) in [5.41, 5.74) is 0.524. The van der Waals surface area contributed by atoms with Crippen LogP contribution in [0.2, 0.25) is 0 Å². The molecule has 1 fully saturated rings. The molecular weight excluding hydrogens is 329 g/mol. The Labute approximate surface area is 136 Å². The van der Waals surface area contributed by atoms with Crippen molar-refractivity contribution < 1.29 is 28.0 Å². The Morgan fingerprint density at radius 2 is 1.83 bits per heavy atom. The SMILES string of the molecule is O=C(Cc1ccc([N+](=O)[O-])cc1)N1CCC(C(O)C(F)(F)F)CC1. The molecule has 1 aliphatic rings. The average molecular weight is 346 g/mol. The van der Waals surface area contributed by atoms with Gasteiger partial charge in [-0.2, -0.15) is 13.2 Å². The molecule has 1 atom stereocenters. The van der Waals surface area contributed by atoms with Crippen molar-refractivity contribution in [2.75, 3.05) is 13.1 Å². The number of piperidine rings is 1. The number of hydrogen-bond donors (Lipinski definition) is 1. The first-order valence-electron chi connectivity index (χ1n) is 7.44. The van der Waals surface area contributed by atoms with Gasteiger partial charge in [0.25, 0.3) is 5.69 Å². The number of likely N-dealkylation sites (tertiary alicyclic amines) is 1. The lowest BCUT2D eigenvalue weighted by molar-refractivity contribution is -0.384. The van der Waals surface area contributed by atoms with Crippen LogP contribution in [0.4, 0.5) is 18.9 Å². The zero-order valence-electron chi connectivity index (χ0n) is 12.7. The first-order chi connectivity index (χ1) is 11.2. The Hall–Kier alpha value is -2.16. The van der Waals surface area contributed by atoms with Crippen LogP contribution in [0.1, 0.15) is 18.4 Å². The third-order valence-electron chi connectivity index (χ3n) is 4.18. The van der Waals surface area contributed by atoms with Gasteiger partial charge in [0, 0.05) is 25.2 Å². The van der Waals surface area contributed by atoms with Crippen molar-refractivity contribution in [3.8, 4) is 0 Å². The fourth-order valence-corrected chi connectivity index (χ4v) is 2.75. The largest absolute Gasteiger partial charge is 0.414 e. The number of nitrogens with zero attached hydrogens (tertiary/aromatic N) is 2. The van der Waals surface area contributed by atoms with Gasteiger partial charge in [-0.25, -0.2) is 0 Å². The van der Waals surface area contributed by atoms with E-state index < -0.39 is 23.1 Å². The van der Waals surface area contributed by atoms with Crippen LogP contribution in [0.5, 0.6) is 0 Å². The van der Waals surface area contributed by atoms with Gasteiger partial charge in [0.2, 0.25) is 5.91 Å².